The van der Waals surface area contributed by atoms with Gasteiger partial charge in [0.25, 0.3) is 0 Å². The number of benzene rings is 1. The lowest BCUT2D eigenvalue weighted by Gasteiger charge is -2.14. The molecule has 1 aliphatic carbocycles. The van der Waals surface area contributed by atoms with Crippen LogP contribution in [0.25, 0.3) is 0 Å². The molecule has 0 radical (unpaired) electrons. The Bertz CT molecular complexity index is 395. The summed E-state index contributed by atoms with van der Waals surface area (Å²) in [4.78, 5) is 11.9. The van der Waals surface area contributed by atoms with Gasteiger partial charge in [0.05, 0.1) is 13.2 Å². The van der Waals surface area contributed by atoms with E-state index in [1.54, 1.807) is 0 Å². The zero-order valence-corrected chi connectivity index (χ0v) is 10.7. The molecule has 2 heteroatoms. The number of hydrogen-bond donors (Lipinski definition) is 0. The SMILES string of the molecule is O=C(CCOCc1ccccc1)C1C=CCCC1. The number of allylic oxidation sites excluding steroid dienone is 2. The number of rotatable bonds is 6. The van der Waals surface area contributed by atoms with Crippen molar-refractivity contribution in [1.29, 1.82) is 0 Å². The molecule has 96 valence electrons. The van der Waals surface area contributed by atoms with Gasteiger partial charge in [-0.25, -0.2) is 0 Å². The smallest absolute Gasteiger partial charge is 0.142 e. The van der Waals surface area contributed by atoms with Crippen molar-refractivity contribution in [1.82, 2.24) is 0 Å². The second-order valence-electron chi connectivity index (χ2n) is 4.72. The molecule has 0 saturated heterocycles. The molecule has 1 aromatic carbocycles. The van der Waals surface area contributed by atoms with E-state index in [-0.39, 0.29) is 5.92 Å². The summed E-state index contributed by atoms with van der Waals surface area (Å²) in [6.07, 6.45) is 7.97. The van der Waals surface area contributed by atoms with Gasteiger partial charge in [-0.3, -0.25) is 4.79 Å². The molecule has 2 rings (SSSR count). The minimum atomic E-state index is 0.138. The molecular formula is C16H20O2. The van der Waals surface area contributed by atoms with Crippen molar-refractivity contribution in [3.05, 3.63) is 48.0 Å². The van der Waals surface area contributed by atoms with Crippen molar-refractivity contribution in [2.24, 2.45) is 5.92 Å². The van der Waals surface area contributed by atoms with Crippen molar-refractivity contribution in [2.45, 2.75) is 32.3 Å². The number of ether oxygens (including phenoxy) is 1. The van der Waals surface area contributed by atoms with Crippen LogP contribution in [-0.2, 0) is 16.1 Å². The van der Waals surface area contributed by atoms with Crippen molar-refractivity contribution in [3.63, 3.8) is 0 Å². The third-order valence-electron chi connectivity index (χ3n) is 3.27. The van der Waals surface area contributed by atoms with Gasteiger partial charge in [-0.05, 0) is 24.8 Å². The second-order valence-corrected chi connectivity index (χ2v) is 4.72. The van der Waals surface area contributed by atoms with Crippen molar-refractivity contribution in [3.8, 4) is 0 Å². The van der Waals surface area contributed by atoms with Crippen molar-refractivity contribution < 1.29 is 9.53 Å². The van der Waals surface area contributed by atoms with E-state index in [9.17, 15) is 4.79 Å². The average molecular weight is 244 g/mol. The maximum absolute atomic E-state index is 11.9. The Morgan fingerprint density at radius 2 is 2.11 bits per heavy atom. The number of ketones is 1. The molecule has 1 unspecified atom stereocenters. The van der Waals surface area contributed by atoms with Gasteiger partial charge in [0, 0.05) is 12.3 Å². The zero-order valence-electron chi connectivity index (χ0n) is 10.7. The minimum absolute atomic E-state index is 0.138. The monoisotopic (exact) mass is 244 g/mol. The fraction of sp³-hybridized carbons (Fsp3) is 0.438. The normalized spacial score (nSPS) is 18.8. The molecule has 1 aromatic rings. The van der Waals surface area contributed by atoms with E-state index >= 15 is 0 Å². The van der Waals surface area contributed by atoms with Gasteiger partial charge < -0.3 is 4.74 Å². The Morgan fingerprint density at radius 3 is 2.83 bits per heavy atom. The van der Waals surface area contributed by atoms with E-state index in [4.69, 9.17) is 4.74 Å². The molecule has 1 aliphatic rings. The highest BCUT2D eigenvalue weighted by atomic mass is 16.5. The molecule has 0 spiro atoms. The lowest BCUT2D eigenvalue weighted by molar-refractivity contribution is -0.123. The third kappa shape index (κ3) is 4.11. The Morgan fingerprint density at radius 1 is 1.28 bits per heavy atom. The molecule has 1 atom stereocenters. The minimum Gasteiger partial charge on any atom is -0.376 e. The predicted molar refractivity (Wildman–Crippen MR) is 72.2 cm³/mol. The average Bonchev–Trinajstić information content (AvgIpc) is 2.45. The van der Waals surface area contributed by atoms with E-state index in [0.717, 1.165) is 24.8 Å². The maximum atomic E-state index is 11.9. The number of hydrogen-bond acceptors (Lipinski definition) is 2. The van der Waals surface area contributed by atoms with E-state index in [1.165, 1.54) is 0 Å². The van der Waals surface area contributed by atoms with Crippen molar-refractivity contribution >= 4 is 5.78 Å². The van der Waals surface area contributed by atoms with Crippen LogP contribution in [0.1, 0.15) is 31.2 Å². The summed E-state index contributed by atoms with van der Waals surface area (Å²) in [5.41, 5.74) is 1.16. The highest BCUT2D eigenvalue weighted by Crippen LogP contribution is 2.19. The number of Topliss-reactive ketones (excluding diaryl/α,β-unsaturated/α-hetero) is 1. The van der Waals surface area contributed by atoms with Crippen LogP contribution in [0, 0.1) is 5.92 Å². The van der Waals surface area contributed by atoms with Crippen molar-refractivity contribution in [2.75, 3.05) is 6.61 Å². The molecule has 0 fully saturated rings. The van der Waals surface area contributed by atoms with Gasteiger partial charge in [-0.15, -0.1) is 0 Å². The summed E-state index contributed by atoms with van der Waals surface area (Å²) in [6, 6.07) is 10.0. The first-order valence-corrected chi connectivity index (χ1v) is 6.67. The zero-order chi connectivity index (χ0) is 12.6. The quantitative estimate of drug-likeness (QED) is 0.565. The molecule has 0 aromatic heterocycles. The summed E-state index contributed by atoms with van der Waals surface area (Å²) >= 11 is 0. The molecule has 0 heterocycles. The summed E-state index contributed by atoms with van der Waals surface area (Å²) < 4.78 is 5.54. The van der Waals surface area contributed by atoms with Crippen LogP contribution in [0.4, 0.5) is 0 Å². The molecule has 0 aliphatic heterocycles. The van der Waals surface area contributed by atoms with Crippen LogP contribution in [-0.4, -0.2) is 12.4 Å². The topological polar surface area (TPSA) is 26.3 Å². The Hall–Kier alpha value is -1.41. The second kappa shape index (κ2) is 7.12. The third-order valence-corrected chi connectivity index (χ3v) is 3.27. The summed E-state index contributed by atoms with van der Waals surface area (Å²) in [7, 11) is 0. The molecule has 2 nitrogen and oxygen atoms in total. The van der Waals surface area contributed by atoms with Gasteiger partial charge in [0.15, 0.2) is 0 Å². The summed E-state index contributed by atoms with van der Waals surface area (Å²) in [5, 5.41) is 0. The first kappa shape index (κ1) is 13.0. The maximum Gasteiger partial charge on any atom is 0.142 e. The van der Waals surface area contributed by atoms with E-state index in [0.29, 0.717) is 25.4 Å². The van der Waals surface area contributed by atoms with Gasteiger partial charge in [0.2, 0.25) is 0 Å². The van der Waals surface area contributed by atoms with Gasteiger partial charge in [-0.1, -0.05) is 42.5 Å². The molecule has 0 N–H and O–H groups in total. The van der Waals surface area contributed by atoms with E-state index in [2.05, 4.69) is 12.2 Å². The standard InChI is InChI=1S/C16H20O2/c17-16(15-9-5-2-6-10-15)11-12-18-13-14-7-3-1-4-8-14/h1,3-5,7-9,15H,2,6,10-13H2. The fourth-order valence-corrected chi connectivity index (χ4v) is 2.20. The Labute approximate surface area is 109 Å². The molecule has 0 bridgehead atoms. The fourth-order valence-electron chi connectivity index (χ4n) is 2.20. The Kier molecular flexibility index (Phi) is 5.15. The van der Waals surface area contributed by atoms with Crippen LogP contribution in [0.2, 0.25) is 0 Å². The first-order valence-electron chi connectivity index (χ1n) is 6.67. The number of carbonyl (C=O) groups is 1. The molecular weight excluding hydrogens is 224 g/mol. The van der Waals surface area contributed by atoms with Crippen LogP contribution in [0.3, 0.4) is 0 Å². The summed E-state index contributed by atoms with van der Waals surface area (Å²) in [5.74, 6) is 0.457. The first-order chi connectivity index (χ1) is 8.86. The van der Waals surface area contributed by atoms with Crippen LogP contribution >= 0.6 is 0 Å². The van der Waals surface area contributed by atoms with E-state index < -0.39 is 0 Å². The van der Waals surface area contributed by atoms with Gasteiger partial charge in [0.1, 0.15) is 5.78 Å². The van der Waals surface area contributed by atoms with Crippen LogP contribution in [0.5, 0.6) is 0 Å². The highest BCUT2D eigenvalue weighted by Gasteiger charge is 2.16. The molecule has 0 amide bonds. The summed E-state index contributed by atoms with van der Waals surface area (Å²) in [6.45, 7) is 1.12. The number of carbonyl (C=O) groups excluding carboxylic acids is 1. The predicted octanol–water partition coefficient (Wildman–Crippen LogP) is 3.52. The van der Waals surface area contributed by atoms with Crippen LogP contribution in [0.15, 0.2) is 42.5 Å². The van der Waals surface area contributed by atoms with Gasteiger partial charge >= 0.3 is 0 Å². The highest BCUT2D eigenvalue weighted by molar-refractivity contribution is 5.82. The lowest BCUT2D eigenvalue weighted by Crippen LogP contribution is -2.16. The van der Waals surface area contributed by atoms with E-state index in [1.807, 2.05) is 30.3 Å². The van der Waals surface area contributed by atoms with Crippen LogP contribution < -0.4 is 0 Å². The Balaban J connectivity index is 1.64. The van der Waals surface area contributed by atoms with Gasteiger partial charge in [-0.2, -0.15) is 0 Å². The lowest BCUT2D eigenvalue weighted by atomic mass is 9.91. The largest absolute Gasteiger partial charge is 0.376 e. The molecule has 18 heavy (non-hydrogen) atoms. The molecule has 0 saturated carbocycles.